The quantitative estimate of drug-likeness (QED) is 0.508. The molecule has 8 heteroatoms. The molecule has 0 saturated heterocycles. The molecule has 6 nitrogen and oxygen atoms in total. The van der Waals surface area contributed by atoms with Crippen molar-refractivity contribution in [2.24, 2.45) is 0 Å². The molecule has 0 unspecified atom stereocenters. The summed E-state index contributed by atoms with van der Waals surface area (Å²) in [7, 11) is 0. The van der Waals surface area contributed by atoms with Crippen LogP contribution in [-0.4, -0.2) is 27.1 Å². The third-order valence-electron chi connectivity index (χ3n) is 3.75. The molecule has 0 bridgehead atoms. The van der Waals surface area contributed by atoms with Crippen LogP contribution < -0.4 is 10.9 Å². The van der Waals surface area contributed by atoms with Crippen LogP contribution in [0.25, 0.3) is 5.69 Å². The van der Waals surface area contributed by atoms with Crippen LogP contribution in [0.5, 0.6) is 0 Å². The van der Waals surface area contributed by atoms with Gasteiger partial charge >= 0.3 is 0 Å². The van der Waals surface area contributed by atoms with Crippen molar-refractivity contribution in [1.82, 2.24) is 20.4 Å². The third-order valence-corrected chi connectivity index (χ3v) is 5.04. The Kier molecular flexibility index (Phi) is 6.16. The zero-order valence-corrected chi connectivity index (χ0v) is 16.1. The average Bonchev–Trinajstić information content (AvgIpc) is 3.13. The van der Waals surface area contributed by atoms with Crippen molar-refractivity contribution in [3.8, 4) is 5.69 Å². The highest BCUT2D eigenvalue weighted by Crippen LogP contribution is 2.22. The summed E-state index contributed by atoms with van der Waals surface area (Å²) in [6.07, 6.45) is 3.54. The number of carbonyl (C=O) groups excluding carboxylic acids is 2. The van der Waals surface area contributed by atoms with Crippen molar-refractivity contribution in [2.45, 2.75) is 12.1 Å². The minimum Gasteiger partial charge on any atom is -0.295 e. The van der Waals surface area contributed by atoms with Crippen LogP contribution in [0.1, 0.15) is 15.9 Å². The van der Waals surface area contributed by atoms with Crippen molar-refractivity contribution in [1.29, 1.82) is 0 Å². The standard InChI is InChI=1S/C19H17ClN4O2S/c1-13-6-2-5-9-16(13)24-11-10-21-19(24)27-12-17(25)22-23-18(26)14-7-3-4-8-15(14)20/h2-11H,12H2,1H3,(H,22,25)(H,23,26). The minimum absolute atomic E-state index is 0.103. The lowest BCUT2D eigenvalue weighted by Crippen LogP contribution is -2.42. The van der Waals surface area contributed by atoms with Gasteiger partial charge in [0.25, 0.3) is 5.91 Å². The first-order chi connectivity index (χ1) is 13.1. The van der Waals surface area contributed by atoms with Gasteiger partial charge in [0, 0.05) is 12.4 Å². The number of rotatable bonds is 5. The van der Waals surface area contributed by atoms with E-state index in [4.69, 9.17) is 11.6 Å². The molecule has 3 rings (SSSR count). The van der Waals surface area contributed by atoms with Crippen LogP contribution in [0.15, 0.2) is 66.1 Å². The van der Waals surface area contributed by atoms with Gasteiger partial charge in [-0.05, 0) is 30.7 Å². The van der Waals surface area contributed by atoms with Crippen molar-refractivity contribution < 1.29 is 9.59 Å². The topological polar surface area (TPSA) is 76.0 Å². The molecule has 2 N–H and O–H groups in total. The summed E-state index contributed by atoms with van der Waals surface area (Å²) in [5, 5.41) is 1.01. The van der Waals surface area contributed by atoms with E-state index in [0.717, 1.165) is 11.3 Å². The second-order valence-electron chi connectivity index (χ2n) is 5.64. The summed E-state index contributed by atoms with van der Waals surface area (Å²) < 4.78 is 1.93. The number of imidazole rings is 1. The molecule has 0 atom stereocenters. The van der Waals surface area contributed by atoms with Crippen molar-refractivity contribution in [3.63, 3.8) is 0 Å². The van der Waals surface area contributed by atoms with Crippen LogP contribution in [0.2, 0.25) is 5.02 Å². The zero-order valence-electron chi connectivity index (χ0n) is 14.5. The molecule has 27 heavy (non-hydrogen) atoms. The van der Waals surface area contributed by atoms with E-state index in [1.807, 2.05) is 42.0 Å². The fourth-order valence-electron chi connectivity index (χ4n) is 2.42. The second kappa shape index (κ2) is 8.75. The zero-order chi connectivity index (χ0) is 19.2. The first-order valence-electron chi connectivity index (χ1n) is 8.12. The SMILES string of the molecule is Cc1ccccc1-n1ccnc1SCC(=O)NNC(=O)c1ccccc1Cl. The van der Waals surface area contributed by atoms with Gasteiger partial charge in [-0.1, -0.05) is 53.7 Å². The van der Waals surface area contributed by atoms with Crippen molar-refractivity contribution >= 4 is 35.2 Å². The largest absolute Gasteiger partial charge is 0.295 e. The molecule has 0 saturated carbocycles. The van der Waals surface area contributed by atoms with Crippen LogP contribution in [0, 0.1) is 6.92 Å². The van der Waals surface area contributed by atoms with E-state index in [0.29, 0.717) is 15.7 Å². The van der Waals surface area contributed by atoms with E-state index in [1.165, 1.54) is 11.8 Å². The first kappa shape index (κ1) is 19.0. The van der Waals surface area contributed by atoms with Gasteiger partial charge in [-0.25, -0.2) is 4.98 Å². The summed E-state index contributed by atoms with van der Waals surface area (Å²) in [6.45, 7) is 2.01. The van der Waals surface area contributed by atoms with Crippen LogP contribution >= 0.6 is 23.4 Å². The Bertz CT molecular complexity index is 974. The summed E-state index contributed by atoms with van der Waals surface area (Å²) in [5.41, 5.74) is 7.15. The van der Waals surface area contributed by atoms with E-state index >= 15 is 0 Å². The molecule has 0 fully saturated rings. The van der Waals surface area contributed by atoms with Crippen molar-refractivity contribution in [2.75, 3.05) is 5.75 Å². The molecule has 0 aliphatic carbocycles. The number of nitrogens with one attached hydrogen (secondary N) is 2. The van der Waals surface area contributed by atoms with E-state index in [9.17, 15) is 9.59 Å². The summed E-state index contributed by atoms with van der Waals surface area (Å²) >= 11 is 7.24. The normalized spacial score (nSPS) is 10.4. The maximum atomic E-state index is 12.1. The van der Waals surface area contributed by atoms with Gasteiger partial charge in [0.1, 0.15) is 0 Å². The van der Waals surface area contributed by atoms with Crippen molar-refractivity contribution in [3.05, 3.63) is 77.1 Å². The van der Waals surface area contributed by atoms with Gasteiger partial charge in [-0.2, -0.15) is 0 Å². The number of aromatic nitrogens is 2. The Morgan fingerprint density at radius 1 is 1.11 bits per heavy atom. The number of carbonyl (C=O) groups is 2. The lowest BCUT2D eigenvalue weighted by atomic mass is 10.2. The fourth-order valence-corrected chi connectivity index (χ4v) is 3.41. The molecule has 2 amide bonds. The maximum absolute atomic E-state index is 12.1. The van der Waals surface area contributed by atoms with Gasteiger partial charge in [0.15, 0.2) is 5.16 Å². The van der Waals surface area contributed by atoms with E-state index in [-0.39, 0.29) is 11.7 Å². The molecular weight excluding hydrogens is 384 g/mol. The predicted octanol–water partition coefficient (Wildman–Crippen LogP) is 3.39. The molecule has 3 aromatic rings. The van der Waals surface area contributed by atoms with E-state index < -0.39 is 5.91 Å². The number of aryl methyl sites for hydroxylation is 1. The lowest BCUT2D eigenvalue weighted by Gasteiger charge is -2.11. The van der Waals surface area contributed by atoms with Gasteiger partial charge in [-0.3, -0.25) is 25.0 Å². The molecular formula is C19H17ClN4O2S. The number of hydrogen-bond acceptors (Lipinski definition) is 4. The number of para-hydroxylation sites is 1. The molecule has 1 heterocycles. The fraction of sp³-hybridized carbons (Fsp3) is 0.105. The Balaban J connectivity index is 1.56. The minimum atomic E-state index is -0.472. The van der Waals surface area contributed by atoms with Gasteiger partial charge < -0.3 is 0 Å². The van der Waals surface area contributed by atoms with E-state index in [1.54, 1.807) is 30.5 Å². The Morgan fingerprint density at radius 2 is 1.85 bits per heavy atom. The Hall–Kier alpha value is -2.77. The van der Waals surface area contributed by atoms with Gasteiger partial charge in [0.2, 0.25) is 5.91 Å². The van der Waals surface area contributed by atoms with Gasteiger partial charge in [-0.15, -0.1) is 0 Å². The molecule has 1 aromatic heterocycles. The van der Waals surface area contributed by atoms with Crippen LogP contribution in [0.3, 0.4) is 0 Å². The van der Waals surface area contributed by atoms with E-state index in [2.05, 4.69) is 15.8 Å². The molecule has 2 aromatic carbocycles. The molecule has 0 spiro atoms. The number of thioether (sulfide) groups is 1. The van der Waals surface area contributed by atoms with Crippen LogP contribution in [-0.2, 0) is 4.79 Å². The highest BCUT2D eigenvalue weighted by atomic mass is 35.5. The number of hydrazine groups is 1. The molecule has 138 valence electrons. The monoisotopic (exact) mass is 400 g/mol. The lowest BCUT2D eigenvalue weighted by molar-refractivity contribution is -0.119. The number of hydrogen-bond donors (Lipinski definition) is 2. The molecule has 0 radical (unpaired) electrons. The van der Waals surface area contributed by atoms with Crippen LogP contribution in [0.4, 0.5) is 0 Å². The predicted molar refractivity (Wildman–Crippen MR) is 106 cm³/mol. The smallest absolute Gasteiger partial charge is 0.271 e. The number of amides is 2. The summed E-state index contributed by atoms with van der Waals surface area (Å²) in [5.74, 6) is -0.716. The maximum Gasteiger partial charge on any atom is 0.271 e. The Morgan fingerprint density at radius 3 is 2.63 bits per heavy atom. The number of nitrogens with zero attached hydrogens (tertiary/aromatic N) is 2. The second-order valence-corrected chi connectivity index (χ2v) is 6.99. The summed E-state index contributed by atoms with van der Waals surface area (Å²) in [6, 6.07) is 14.5. The highest BCUT2D eigenvalue weighted by molar-refractivity contribution is 7.99. The number of halogens is 1. The average molecular weight is 401 g/mol. The van der Waals surface area contributed by atoms with Gasteiger partial charge in [0.05, 0.1) is 22.0 Å². The first-order valence-corrected chi connectivity index (χ1v) is 9.48. The number of benzene rings is 2. The summed E-state index contributed by atoms with van der Waals surface area (Å²) in [4.78, 5) is 28.4. The third kappa shape index (κ3) is 4.69. The highest BCUT2D eigenvalue weighted by Gasteiger charge is 2.13. The molecule has 0 aliphatic rings. The molecule has 0 aliphatic heterocycles. The Labute approximate surface area is 165 Å².